The molecule has 0 aliphatic heterocycles. The highest BCUT2D eigenvalue weighted by Gasteiger charge is 2.25. The molecule has 0 radical (unpaired) electrons. The number of ether oxygens (including phenoxy) is 3. The van der Waals surface area contributed by atoms with Crippen LogP contribution in [-0.4, -0.2) is 45.9 Å². The Morgan fingerprint density at radius 3 is 2.22 bits per heavy atom. The van der Waals surface area contributed by atoms with Gasteiger partial charge in [-0.25, -0.2) is 9.59 Å². The van der Waals surface area contributed by atoms with Crippen LogP contribution in [0.4, 0.5) is 5.69 Å². The molecule has 0 atom stereocenters. The monoisotopic (exact) mass is 378 g/mol. The molecule has 27 heavy (non-hydrogen) atoms. The van der Waals surface area contributed by atoms with Gasteiger partial charge in [-0.05, 0) is 26.5 Å². The molecule has 8 nitrogen and oxygen atoms in total. The third kappa shape index (κ3) is 6.32. The molecule has 1 aromatic rings. The zero-order chi connectivity index (χ0) is 20.4. The number of hydrogen-bond acceptors (Lipinski definition) is 7. The van der Waals surface area contributed by atoms with Crippen LogP contribution in [0.2, 0.25) is 0 Å². The molecule has 1 aromatic heterocycles. The molecule has 148 valence electrons. The predicted octanol–water partition coefficient (Wildman–Crippen LogP) is 0.616. The van der Waals surface area contributed by atoms with Crippen molar-refractivity contribution >= 4 is 23.3 Å². The second kappa shape index (κ2) is 10.8. The van der Waals surface area contributed by atoms with Crippen molar-refractivity contribution in [2.24, 2.45) is 0 Å². The first-order valence-electron chi connectivity index (χ1n) is 8.64. The summed E-state index contributed by atoms with van der Waals surface area (Å²) in [6.45, 7) is 5.19. The van der Waals surface area contributed by atoms with Crippen LogP contribution in [0.25, 0.3) is 5.70 Å². The highest BCUT2D eigenvalue weighted by atomic mass is 16.6. The average Bonchev–Trinajstić information content (AvgIpc) is 2.63. The first-order valence-corrected chi connectivity index (χ1v) is 8.64. The Morgan fingerprint density at radius 1 is 1.07 bits per heavy atom. The molecule has 0 bridgehead atoms. The quantitative estimate of drug-likeness (QED) is 0.204. The summed E-state index contributed by atoms with van der Waals surface area (Å²) in [4.78, 5) is 26.5. The van der Waals surface area contributed by atoms with Crippen LogP contribution in [-0.2, 0) is 23.8 Å². The maximum Gasteiger partial charge on any atom is 0.404 e. The number of anilines is 1. The van der Waals surface area contributed by atoms with E-state index in [0.29, 0.717) is 0 Å². The molecule has 0 saturated carbocycles. The van der Waals surface area contributed by atoms with E-state index in [-0.39, 0.29) is 31.1 Å². The molecular weight excluding hydrogens is 352 g/mol. The highest BCUT2D eigenvalue weighted by molar-refractivity contribution is 6.09. The Bertz CT molecular complexity index is 725. The summed E-state index contributed by atoms with van der Waals surface area (Å²) in [6, 6.07) is 3.58. The lowest BCUT2D eigenvalue weighted by Crippen LogP contribution is -2.38. The Hall–Kier alpha value is -3.03. The fraction of sp³-hybridized carbons (Fsp3) is 0.421. The molecular formula is C19H26N2O6. The van der Waals surface area contributed by atoms with E-state index in [2.05, 4.69) is 0 Å². The Kier molecular flexibility index (Phi) is 8.84. The molecule has 0 aliphatic carbocycles. The number of esters is 2. The van der Waals surface area contributed by atoms with Crippen molar-refractivity contribution in [2.75, 3.05) is 38.8 Å². The summed E-state index contributed by atoms with van der Waals surface area (Å²) in [6.07, 6.45) is 4.42. The van der Waals surface area contributed by atoms with Crippen molar-refractivity contribution in [3.63, 3.8) is 0 Å². The van der Waals surface area contributed by atoms with E-state index in [9.17, 15) is 14.7 Å². The number of aromatic nitrogens is 1. The van der Waals surface area contributed by atoms with Gasteiger partial charge in [0.1, 0.15) is 5.69 Å². The maximum atomic E-state index is 12.5. The molecule has 0 unspecified atom stereocenters. The van der Waals surface area contributed by atoms with Crippen LogP contribution in [0, 0.1) is 0 Å². The summed E-state index contributed by atoms with van der Waals surface area (Å²) in [5, 5.41) is 12.2. The minimum absolute atomic E-state index is 0.0170. The average molecular weight is 378 g/mol. The Labute approximate surface area is 159 Å². The van der Waals surface area contributed by atoms with Crippen LogP contribution < -0.4 is 14.6 Å². The second-order valence-corrected chi connectivity index (χ2v) is 5.47. The zero-order valence-electron chi connectivity index (χ0n) is 16.4. The molecule has 0 amide bonds. The Morgan fingerprint density at radius 2 is 1.67 bits per heavy atom. The van der Waals surface area contributed by atoms with E-state index >= 15 is 0 Å². The largest absolute Gasteiger partial charge is 0.613 e. The molecule has 0 N–H and O–H groups in total. The number of pyridine rings is 1. The van der Waals surface area contributed by atoms with Gasteiger partial charge in [0.2, 0.25) is 0 Å². The van der Waals surface area contributed by atoms with Crippen molar-refractivity contribution in [1.29, 1.82) is 0 Å². The summed E-state index contributed by atoms with van der Waals surface area (Å²) in [7, 11) is 3.70. The fourth-order valence-corrected chi connectivity index (χ4v) is 2.08. The van der Waals surface area contributed by atoms with Gasteiger partial charge in [0.15, 0.2) is 12.4 Å². The predicted molar refractivity (Wildman–Crippen MR) is 97.2 cm³/mol. The van der Waals surface area contributed by atoms with Gasteiger partial charge in [-0.2, -0.15) is 4.57 Å². The van der Waals surface area contributed by atoms with E-state index in [1.165, 1.54) is 4.57 Å². The molecule has 0 spiro atoms. The Balaban J connectivity index is 3.55. The van der Waals surface area contributed by atoms with Gasteiger partial charge in [0.25, 0.3) is 5.70 Å². The highest BCUT2D eigenvalue weighted by Crippen LogP contribution is 2.13. The van der Waals surface area contributed by atoms with E-state index in [1.807, 2.05) is 25.1 Å². The number of carbonyl (C=O) groups is 2. The minimum atomic E-state index is -0.873. The molecule has 1 rings (SSSR count). The van der Waals surface area contributed by atoms with Crippen molar-refractivity contribution < 1.29 is 33.5 Å². The summed E-state index contributed by atoms with van der Waals surface area (Å²) >= 11 is 0. The van der Waals surface area contributed by atoms with Crippen LogP contribution in [0.3, 0.4) is 0 Å². The van der Waals surface area contributed by atoms with Crippen LogP contribution in [0.15, 0.2) is 42.1 Å². The third-order valence-corrected chi connectivity index (χ3v) is 3.34. The van der Waals surface area contributed by atoms with Crippen LogP contribution in [0.1, 0.15) is 20.8 Å². The lowest BCUT2D eigenvalue weighted by Gasteiger charge is -2.16. The lowest BCUT2D eigenvalue weighted by atomic mass is 10.2. The van der Waals surface area contributed by atoms with Crippen molar-refractivity contribution in [2.45, 2.75) is 20.8 Å². The zero-order valence-corrected chi connectivity index (χ0v) is 16.4. The topological polar surface area (TPSA) is 92.0 Å². The third-order valence-electron chi connectivity index (χ3n) is 3.34. The molecule has 0 aliphatic rings. The number of carbonyl (C=O) groups excluding carboxylic acids is 2. The van der Waals surface area contributed by atoms with Gasteiger partial charge in [-0.15, -0.1) is 0 Å². The molecule has 0 saturated heterocycles. The summed E-state index contributed by atoms with van der Waals surface area (Å²) < 4.78 is 16.4. The van der Waals surface area contributed by atoms with E-state index in [0.717, 1.165) is 11.8 Å². The molecule has 0 fully saturated rings. The van der Waals surface area contributed by atoms with E-state index in [4.69, 9.17) is 14.2 Å². The van der Waals surface area contributed by atoms with Gasteiger partial charge in [0, 0.05) is 26.2 Å². The normalized spacial score (nSPS) is 12.1. The summed E-state index contributed by atoms with van der Waals surface area (Å²) in [5.74, 6) is -2.44. The molecule has 8 heteroatoms. The number of hydrogen-bond donors (Lipinski definition) is 0. The van der Waals surface area contributed by atoms with Gasteiger partial charge >= 0.3 is 11.9 Å². The standard InChI is InChI=1S/C19H26N2O6/c1-6-25-17(22)15(18(23)26-7-2)12-16(19(24)27-8-3)21-11-9-10-14(13-21)20(4)5/h9-13H,6-8H2,1-5H3. The first-order chi connectivity index (χ1) is 12.8. The van der Waals surface area contributed by atoms with Crippen molar-refractivity contribution in [1.82, 2.24) is 0 Å². The molecule has 0 aromatic carbocycles. The van der Waals surface area contributed by atoms with E-state index < -0.39 is 17.9 Å². The SMILES string of the molecule is CCOC(=O)C(/C=C(\C(=O)OCC)[n+]1cccc(N(C)C)c1)=C(/[O-])OCC. The fourth-order valence-electron chi connectivity index (χ4n) is 2.08. The van der Waals surface area contributed by atoms with Crippen LogP contribution >= 0.6 is 0 Å². The maximum absolute atomic E-state index is 12.5. The van der Waals surface area contributed by atoms with Gasteiger partial charge < -0.3 is 24.2 Å². The van der Waals surface area contributed by atoms with Crippen molar-refractivity contribution in [3.8, 4) is 0 Å². The minimum Gasteiger partial charge on any atom is -0.613 e. The number of rotatable bonds is 9. The molecule has 1 heterocycles. The summed E-state index contributed by atoms with van der Waals surface area (Å²) in [5.41, 5.74) is 0.405. The van der Waals surface area contributed by atoms with Crippen LogP contribution in [0.5, 0.6) is 0 Å². The van der Waals surface area contributed by atoms with Gasteiger partial charge in [-0.3, -0.25) is 0 Å². The smallest absolute Gasteiger partial charge is 0.404 e. The van der Waals surface area contributed by atoms with Gasteiger partial charge in [-0.1, -0.05) is 6.92 Å². The lowest BCUT2D eigenvalue weighted by molar-refractivity contribution is -0.577. The second-order valence-electron chi connectivity index (χ2n) is 5.47. The number of nitrogens with zero attached hydrogens (tertiary/aromatic N) is 2. The first kappa shape index (κ1) is 22.0. The van der Waals surface area contributed by atoms with Crippen molar-refractivity contribution in [3.05, 3.63) is 42.1 Å². The van der Waals surface area contributed by atoms with Gasteiger partial charge in [0.05, 0.1) is 24.7 Å². The van der Waals surface area contributed by atoms with E-state index in [1.54, 1.807) is 39.2 Å².